The number of ether oxygens (including phenoxy) is 1. The summed E-state index contributed by atoms with van der Waals surface area (Å²) in [5.41, 5.74) is 0.947. The summed E-state index contributed by atoms with van der Waals surface area (Å²) in [6.07, 6.45) is 1.95. The molecule has 1 fully saturated rings. The summed E-state index contributed by atoms with van der Waals surface area (Å²) < 4.78 is 33.6. The van der Waals surface area contributed by atoms with E-state index in [1.807, 2.05) is 14.0 Å². The van der Waals surface area contributed by atoms with Gasteiger partial charge in [0, 0.05) is 17.6 Å². The van der Waals surface area contributed by atoms with Crippen molar-refractivity contribution in [3.63, 3.8) is 0 Å². The van der Waals surface area contributed by atoms with Crippen LogP contribution in [0.1, 0.15) is 18.4 Å². The minimum absolute atomic E-state index is 0. The van der Waals surface area contributed by atoms with Crippen LogP contribution in [0.15, 0.2) is 21.5 Å². The van der Waals surface area contributed by atoms with Gasteiger partial charge in [-0.1, -0.05) is 15.9 Å². The molecule has 0 aliphatic carbocycles. The Labute approximate surface area is 153 Å². The van der Waals surface area contributed by atoms with Crippen molar-refractivity contribution in [3.8, 4) is 5.75 Å². The lowest BCUT2D eigenvalue weighted by atomic mass is 10.00. The van der Waals surface area contributed by atoms with Gasteiger partial charge in [0.15, 0.2) is 0 Å². The Hall–Kier alpha value is -0.340. The standard InChI is InChI=1S/C15H23BrN2O3S.ClH/c1-11-7-14(21-3)15(8-13(11)16)22(19,20)18-6-4-5-12(10-18)9-17-2;/h7-8,12,17H,4-6,9-10H2,1-3H3;1H. The molecule has 1 saturated heterocycles. The summed E-state index contributed by atoms with van der Waals surface area (Å²) in [5, 5.41) is 3.13. The van der Waals surface area contributed by atoms with E-state index in [4.69, 9.17) is 4.74 Å². The first-order valence-electron chi connectivity index (χ1n) is 7.39. The number of sulfonamides is 1. The van der Waals surface area contributed by atoms with Gasteiger partial charge in [0.25, 0.3) is 0 Å². The molecule has 132 valence electrons. The fraction of sp³-hybridized carbons (Fsp3) is 0.600. The third kappa shape index (κ3) is 4.60. The van der Waals surface area contributed by atoms with E-state index in [0.717, 1.165) is 29.4 Å². The Morgan fingerprint density at radius 3 is 2.74 bits per heavy atom. The summed E-state index contributed by atoms with van der Waals surface area (Å²) in [6.45, 7) is 3.86. The van der Waals surface area contributed by atoms with Crippen LogP contribution < -0.4 is 10.1 Å². The Morgan fingerprint density at radius 2 is 2.13 bits per heavy atom. The molecular weight excluding hydrogens is 404 g/mol. The summed E-state index contributed by atoms with van der Waals surface area (Å²) in [5.74, 6) is 0.754. The van der Waals surface area contributed by atoms with Crippen LogP contribution in [-0.2, 0) is 10.0 Å². The highest BCUT2D eigenvalue weighted by molar-refractivity contribution is 9.10. The van der Waals surface area contributed by atoms with E-state index in [1.165, 1.54) is 7.11 Å². The number of nitrogens with one attached hydrogen (secondary N) is 1. The molecule has 1 aliphatic heterocycles. The molecule has 23 heavy (non-hydrogen) atoms. The van der Waals surface area contributed by atoms with Crippen LogP contribution in [0.3, 0.4) is 0 Å². The van der Waals surface area contributed by atoms with Crippen LogP contribution in [0, 0.1) is 12.8 Å². The molecule has 1 unspecified atom stereocenters. The lowest BCUT2D eigenvalue weighted by molar-refractivity contribution is 0.262. The monoisotopic (exact) mass is 426 g/mol. The molecule has 0 radical (unpaired) electrons. The number of hydrogen-bond acceptors (Lipinski definition) is 4. The van der Waals surface area contributed by atoms with E-state index >= 15 is 0 Å². The van der Waals surface area contributed by atoms with Gasteiger partial charge in [0.1, 0.15) is 10.6 Å². The van der Waals surface area contributed by atoms with Crippen LogP contribution in [0.4, 0.5) is 0 Å². The Balaban J connectivity index is 0.00000264. The van der Waals surface area contributed by atoms with Crippen LogP contribution in [-0.4, -0.2) is 46.5 Å². The average Bonchev–Trinajstić information content (AvgIpc) is 2.50. The maximum atomic E-state index is 13.0. The van der Waals surface area contributed by atoms with Crippen molar-refractivity contribution < 1.29 is 13.2 Å². The third-order valence-corrected chi connectivity index (χ3v) is 6.78. The minimum atomic E-state index is -3.54. The highest BCUT2D eigenvalue weighted by atomic mass is 79.9. The van der Waals surface area contributed by atoms with Crippen molar-refractivity contribution >= 4 is 38.4 Å². The highest BCUT2D eigenvalue weighted by Crippen LogP contribution is 2.33. The van der Waals surface area contributed by atoms with Crippen molar-refractivity contribution in [2.45, 2.75) is 24.7 Å². The molecule has 1 N–H and O–H groups in total. The van der Waals surface area contributed by atoms with Gasteiger partial charge in [-0.2, -0.15) is 4.31 Å². The van der Waals surface area contributed by atoms with Crippen LogP contribution >= 0.6 is 28.3 Å². The zero-order chi connectivity index (χ0) is 16.3. The van der Waals surface area contributed by atoms with Gasteiger partial charge in [-0.25, -0.2) is 8.42 Å². The lowest BCUT2D eigenvalue weighted by Crippen LogP contribution is -2.42. The number of rotatable bonds is 5. The zero-order valence-electron chi connectivity index (χ0n) is 13.6. The number of nitrogens with zero attached hydrogens (tertiary/aromatic N) is 1. The van der Waals surface area contributed by atoms with Crippen molar-refractivity contribution in [2.75, 3.05) is 33.8 Å². The molecular formula is C15H24BrClN2O3S. The maximum Gasteiger partial charge on any atom is 0.246 e. The van der Waals surface area contributed by atoms with Crippen LogP contribution in [0.25, 0.3) is 0 Å². The average molecular weight is 428 g/mol. The van der Waals surface area contributed by atoms with Crippen LogP contribution in [0.2, 0.25) is 0 Å². The Bertz CT molecular complexity index is 638. The summed E-state index contributed by atoms with van der Waals surface area (Å²) in [4.78, 5) is 0.234. The van der Waals surface area contributed by atoms with Crippen molar-refractivity contribution in [3.05, 3.63) is 22.2 Å². The molecule has 0 amide bonds. The highest BCUT2D eigenvalue weighted by Gasteiger charge is 2.32. The second-order valence-corrected chi connectivity index (χ2v) is 8.44. The predicted octanol–water partition coefficient (Wildman–Crippen LogP) is 2.81. The molecule has 2 rings (SSSR count). The topological polar surface area (TPSA) is 58.6 Å². The van der Waals surface area contributed by atoms with E-state index in [-0.39, 0.29) is 17.3 Å². The molecule has 1 aromatic carbocycles. The summed E-state index contributed by atoms with van der Waals surface area (Å²) in [7, 11) is -0.147. The van der Waals surface area contributed by atoms with Gasteiger partial charge in [-0.15, -0.1) is 12.4 Å². The van der Waals surface area contributed by atoms with E-state index in [9.17, 15) is 8.42 Å². The first kappa shape index (κ1) is 20.7. The molecule has 5 nitrogen and oxygen atoms in total. The van der Waals surface area contributed by atoms with Gasteiger partial charge in [-0.05, 0) is 57.0 Å². The Kier molecular flexibility index (Phi) is 7.80. The predicted molar refractivity (Wildman–Crippen MR) is 98.1 cm³/mol. The Morgan fingerprint density at radius 1 is 1.43 bits per heavy atom. The van der Waals surface area contributed by atoms with Gasteiger partial charge >= 0.3 is 0 Å². The number of piperidine rings is 1. The van der Waals surface area contributed by atoms with Crippen molar-refractivity contribution in [1.29, 1.82) is 0 Å². The van der Waals surface area contributed by atoms with Gasteiger partial charge in [0.05, 0.1) is 7.11 Å². The molecule has 1 aliphatic rings. The summed E-state index contributed by atoms with van der Waals surface area (Å²) in [6, 6.07) is 3.40. The molecule has 0 spiro atoms. The van der Waals surface area contributed by atoms with E-state index in [2.05, 4.69) is 21.2 Å². The van der Waals surface area contributed by atoms with Crippen LogP contribution in [0.5, 0.6) is 5.75 Å². The SMILES string of the molecule is CNCC1CCCN(S(=O)(=O)c2cc(Br)c(C)cc2OC)C1.Cl. The lowest BCUT2D eigenvalue weighted by Gasteiger charge is -2.32. The second-order valence-electron chi connectivity index (χ2n) is 5.68. The van der Waals surface area contributed by atoms with Crippen molar-refractivity contribution in [1.82, 2.24) is 9.62 Å². The van der Waals surface area contributed by atoms with Gasteiger partial charge in [0.2, 0.25) is 10.0 Å². The van der Waals surface area contributed by atoms with Gasteiger partial charge in [-0.3, -0.25) is 0 Å². The summed E-state index contributed by atoms with van der Waals surface area (Å²) >= 11 is 3.41. The van der Waals surface area contributed by atoms with Gasteiger partial charge < -0.3 is 10.1 Å². The first-order chi connectivity index (χ1) is 10.4. The largest absolute Gasteiger partial charge is 0.495 e. The number of aryl methyl sites for hydroxylation is 1. The molecule has 0 bridgehead atoms. The smallest absolute Gasteiger partial charge is 0.246 e. The molecule has 1 aromatic rings. The number of halogens is 2. The molecule has 0 saturated carbocycles. The number of benzene rings is 1. The second kappa shape index (κ2) is 8.67. The fourth-order valence-electron chi connectivity index (χ4n) is 2.84. The third-order valence-electron chi connectivity index (χ3n) is 4.04. The zero-order valence-corrected chi connectivity index (χ0v) is 16.9. The molecule has 0 aromatic heterocycles. The van der Waals surface area contributed by atoms with E-state index < -0.39 is 10.0 Å². The van der Waals surface area contributed by atoms with E-state index in [1.54, 1.807) is 16.4 Å². The van der Waals surface area contributed by atoms with E-state index in [0.29, 0.717) is 24.8 Å². The molecule has 1 heterocycles. The molecule has 1 atom stereocenters. The maximum absolute atomic E-state index is 13.0. The minimum Gasteiger partial charge on any atom is -0.495 e. The number of methoxy groups -OCH3 is 1. The van der Waals surface area contributed by atoms with Crippen molar-refractivity contribution in [2.24, 2.45) is 5.92 Å². The fourth-order valence-corrected chi connectivity index (χ4v) is 5.05. The first-order valence-corrected chi connectivity index (χ1v) is 9.62. The normalized spacial score (nSPS) is 19.2. The number of hydrogen-bond donors (Lipinski definition) is 1. The molecule has 8 heteroatoms. The quantitative estimate of drug-likeness (QED) is 0.785.